The van der Waals surface area contributed by atoms with Gasteiger partial charge in [0, 0.05) is 23.9 Å². The fraction of sp³-hybridized carbons (Fsp3) is 0.280. The predicted octanol–water partition coefficient (Wildman–Crippen LogP) is 4.50. The Bertz CT molecular complexity index is 1090. The number of para-hydroxylation sites is 1. The SMILES string of the molecule is CSC(C)/C=C/c1c(N2CCOCC2)nc(-c2ccccc2)n(-c2ccccc2)c1=O. The molecule has 1 aromatic heterocycles. The summed E-state index contributed by atoms with van der Waals surface area (Å²) in [7, 11) is 0. The van der Waals surface area contributed by atoms with Crippen LogP contribution in [0, 0.1) is 0 Å². The predicted molar refractivity (Wildman–Crippen MR) is 130 cm³/mol. The maximum atomic E-state index is 13.9. The Balaban J connectivity index is 1.99. The molecule has 0 bridgehead atoms. The molecule has 3 aromatic rings. The van der Waals surface area contributed by atoms with Crippen molar-refractivity contribution in [2.24, 2.45) is 0 Å². The van der Waals surface area contributed by atoms with Crippen LogP contribution in [-0.4, -0.2) is 47.4 Å². The van der Waals surface area contributed by atoms with Crippen LogP contribution < -0.4 is 10.5 Å². The number of aromatic nitrogens is 2. The minimum atomic E-state index is -0.0638. The first-order chi connectivity index (χ1) is 15.2. The van der Waals surface area contributed by atoms with Crippen molar-refractivity contribution in [2.75, 3.05) is 37.5 Å². The first-order valence-electron chi connectivity index (χ1n) is 10.5. The van der Waals surface area contributed by atoms with E-state index in [2.05, 4.69) is 24.2 Å². The van der Waals surface area contributed by atoms with Crippen LogP contribution in [0.15, 0.2) is 71.5 Å². The number of hydrogen-bond acceptors (Lipinski definition) is 5. The first-order valence-corrected chi connectivity index (χ1v) is 11.8. The summed E-state index contributed by atoms with van der Waals surface area (Å²) in [5.41, 5.74) is 2.27. The van der Waals surface area contributed by atoms with Crippen LogP contribution >= 0.6 is 11.8 Å². The zero-order chi connectivity index (χ0) is 21.6. The second-order valence-electron chi connectivity index (χ2n) is 7.41. The first kappa shape index (κ1) is 21.4. The van der Waals surface area contributed by atoms with Crippen LogP contribution in [0.5, 0.6) is 0 Å². The number of benzene rings is 2. The Morgan fingerprint density at radius 3 is 2.32 bits per heavy atom. The lowest BCUT2D eigenvalue weighted by Crippen LogP contribution is -2.39. The summed E-state index contributed by atoms with van der Waals surface area (Å²) < 4.78 is 7.27. The molecule has 4 rings (SSSR count). The van der Waals surface area contributed by atoms with E-state index in [0.717, 1.165) is 30.2 Å². The monoisotopic (exact) mass is 433 g/mol. The number of nitrogens with zero attached hydrogens (tertiary/aromatic N) is 3. The molecular weight excluding hydrogens is 406 g/mol. The number of ether oxygens (including phenoxy) is 1. The molecule has 1 aliphatic heterocycles. The zero-order valence-corrected chi connectivity index (χ0v) is 18.7. The van der Waals surface area contributed by atoms with Gasteiger partial charge in [-0.2, -0.15) is 11.8 Å². The lowest BCUT2D eigenvalue weighted by molar-refractivity contribution is 0.122. The molecule has 0 radical (unpaired) electrons. The number of rotatable bonds is 6. The lowest BCUT2D eigenvalue weighted by atomic mass is 10.1. The largest absolute Gasteiger partial charge is 0.378 e. The Morgan fingerprint density at radius 2 is 1.68 bits per heavy atom. The summed E-state index contributed by atoms with van der Waals surface area (Å²) >= 11 is 1.74. The van der Waals surface area contributed by atoms with Crippen LogP contribution in [-0.2, 0) is 4.74 Å². The second kappa shape index (κ2) is 9.98. The normalized spacial score (nSPS) is 15.4. The third-order valence-corrected chi connectivity index (χ3v) is 6.26. The van der Waals surface area contributed by atoms with Gasteiger partial charge in [-0.05, 0) is 31.4 Å². The molecule has 1 unspecified atom stereocenters. The topological polar surface area (TPSA) is 47.4 Å². The van der Waals surface area contributed by atoms with E-state index in [-0.39, 0.29) is 5.56 Å². The summed E-state index contributed by atoms with van der Waals surface area (Å²) in [5.74, 6) is 1.37. The van der Waals surface area contributed by atoms with E-state index < -0.39 is 0 Å². The van der Waals surface area contributed by atoms with Crippen LogP contribution in [0.25, 0.3) is 23.2 Å². The minimum Gasteiger partial charge on any atom is -0.378 e. The van der Waals surface area contributed by atoms with Crippen LogP contribution in [0.1, 0.15) is 12.5 Å². The van der Waals surface area contributed by atoms with Crippen LogP contribution in [0.2, 0.25) is 0 Å². The van der Waals surface area contributed by atoms with Gasteiger partial charge in [-0.3, -0.25) is 9.36 Å². The van der Waals surface area contributed by atoms with Gasteiger partial charge in [0.1, 0.15) is 11.6 Å². The number of hydrogen-bond donors (Lipinski definition) is 0. The lowest BCUT2D eigenvalue weighted by Gasteiger charge is -2.30. The van der Waals surface area contributed by atoms with E-state index in [9.17, 15) is 4.79 Å². The van der Waals surface area contributed by atoms with Crippen LogP contribution in [0.4, 0.5) is 5.82 Å². The van der Waals surface area contributed by atoms with Gasteiger partial charge >= 0.3 is 0 Å². The second-order valence-corrected chi connectivity index (χ2v) is 8.63. The fourth-order valence-electron chi connectivity index (χ4n) is 3.59. The molecule has 0 N–H and O–H groups in total. The average Bonchev–Trinajstić information content (AvgIpc) is 2.84. The Hall–Kier alpha value is -2.83. The van der Waals surface area contributed by atoms with Crippen molar-refractivity contribution < 1.29 is 4.74 Å². The van der Waals surface area contributed by atoms with Crippen molar-refractivity contribution in [3.63, 3.8) is 0 Å². The van der Waals surface area contributed by atoms with E-state index in [1.165, 1.54) is 0 Å². The number of morpholine rings is 1. The maximum absolute atomic E-state index is 13.9. The number of thioether (sulfide) groups is 1. The van der Waals surface area contributed by atoms with Gasteiger partial charge in [-0.1, -0.05) is 54.6 Å². The van der Waals surface area contributed by atoms with E-state index in [4.69, 9.17) is 9.72 Å². The molecule has 0 amide bonds. The smallest absolute Gasteiger partial charge is 0.267 e. The van der Waals surface area contributed by atoms with E-state index in [1.54, 1.807) is 16.3 Å². The molecule has 2 aromatic carbocycles. The molecule has 1 saturated heterocycles. The van der Waals surface area contributed by atoms with Crippen molar-refractivity contribution >= 4 is 23.7 Å². The average molecular weight is 434 g/mol. The molecule has 0 aliphatic carbocycles. The third kappa shape index (κ3) is 4.75. The van der Waals surface area contributed by atoms with Gasteiger partial charge in [-0.25, -0.2) is 4.98 Å². The maximum Gasteiger partial charge on any atom is 0.267 e. The highest BCUT2D eigenvalue weighted by atomic mass is 32.2. The van der Waals surface area contributed by atoms with E-state index in [0.29, 0.717) is 29.9 Å². The van der Waals surface area contributed by atoms with Crippen molar-refractivity contribution in [2.45, 2.75) is 12.2 Å². The molecular formula is C25H27N3O2S. The third-order valence-electron chi connectivity index (χ3n) is 5.36. The van der Waals surface area contributed by atoms with Gasteiger partial charge in [0.15, 0.2) is 0 Å². The highest BCUT2D eigenvalue weighted by Crippen LogP contribution is 2.26. The molecule has 1 aliphatic rings. The van der Waals surface area contributed by atoms with Crippen molar-refractivity contribution in [1.29, 1.82) is 0 Å². The van der Waals surface area contributed by atoms with E-state index in [1.807, 2.05) is 66.7 Å². The van der Waals surface area contributed by atoms with Crippen molar-refractivity contribution in [3.8, 4) is 17.1 Å². The van der Waals surface area contributed by atoms with Gasteiger partial charge in [0.05, 0.1) is 24.5 Å². The summed E-state index contributed by atoms with van der Waals surface area (Å²) in [6.45, 7) is 4.82. The Labute approximate surface area is 187 Å². The van der Waals surface area contributed by atoms with Crippen LogP contribution in [0.3, 0.4) is 0 Å². The summed E-state index contributed by atoms with van der Waals surface area (Å²) in [4.78, 5) is 21.2. The minimum absolute atomic E-state index is 0.0638. The number of anilines is 1. The Kier molecular flexibility index (Phi) is 6.89. The summed E-state index contributed by atoms with van der Waals surface area (Å²) in [6.07, 6.45) is 6.08. The molecule has 1 atom stereocenters. The van der Waals surface area contributed by atoms with Crippen molar-refractivity contribution in [1.82, 2.24) is 9.55 Å². The molecule has 0 saturated carbocycles. The zero-order valence-electron chi connectivity index (χ0n) is 17.9. The molecule has 1 fully saturated rings. The standard InChI is InChI=1S/C25H27N3O2S/c1-19(31-2)13-14-22-24(27-15-17-30-18-16-27)26-23(20-9-5-3-6-10-20)28(25(22)29)21-11-7-4-8-12-21/h3-14,19H,15-18H2,1-2H3/b14-13+. The molecule has 160 valence electrons. The van der Waals surface area contributed by atoms with Crippen molar-refractivity contribution in [3.05, 3.63) is 82.7 Å². The van der Waals surface area contributed by atoms with E-state index >= 15 is 0 Å². The molecule has 6 heteroatoms. The molecule has 0 spiro atoms. The summed E-state index contributed by atoms with van der Waals surface area (Å²) in [5, 5.41) is 0.302. The summed E-state index contributed by atoms with van der Waals surface area (Å²) in [6, 6.07) is 19.6. The van der Waals surface area contributed by atoms with Gasteiger partial charge < -0.3 is 9.64 Å². The fourth-order valence-corrected chi connectivity index (χ4v) is 3.83. The molecule has 31 heavy (non-hydrogen) atoms. The highest BCUT2D eigenvalue weighted by molar-refractivity contribution is 7.99. The quantitative estimate of drug-likeness (QED) is 0.573. The highest BCUT2D eigenvalue weighted by Gasteiger charge is 2.23. The Morgan fingerprint density at radius 1 is 1.03 bits per heavy atom. The van der Waals surface area contributed by atoms with Gasteiger partial charge in [0.2, 0.25) is 0 Å². The molecule has 2 heterocycles. The van der Waals surface area contributed by atoms with Gasteiger partial charge in [0.25, 0.3) is 5.56 Å². The molecule has 5 nitrogen and oxygen atoms in total. The van der Waals surface area contributed by atoms with Gasteiger partial charge in [-0.15, -0.1) is 0 Å².